The second-order valence-corrected chi connectivity index (χ2v) is 7.72. The van der Waals surface area contributed by atoms with Crippen molar-refractivity contribution in [3.8, 4) is 5.75 Å². The fraction of sp³-hybridized carbons (Fsp3) is 0.250. The maximum Gasteiger partial charge on any atom is 0.278 e. The predicted octanol–water partition coefficient (Wildman–Crippen LogP) is 2.18. The summed E-state index contributed by atoms with van der Waals surface area (Å²) in [5.41, 5.74) is 1.35. The Hall–Kier alpha value is -4.14. The van der Waals surface area contributed by atoms with Crippen molar-refractivity contribution in [2.45, 2.75) is 6.54 Å². The number of ether oxygens (including phenoxy) is 1. The standard InChI is InChI=1S/C24H23N5O4/c1-32-19-8-3-2-7-18(19)20-21(23(31)29(22(20)30)16-17-6-4-15-33-17)27-11-13-28(14-12-27)24-25-9-5-10-26-24/h2-10,15H,11-14,16H2,1H3. The van der Waals surface area contributed by atoms with E-state index in [1.54, 1.807) is 43.8 Å². The van der Waals surface area contributed by atoms with Crippen LogP contribution in [0, 0.1) is 0 Å². The van der Waals surface area contributed by atoms with Crippen molar-refractivity contribution in [3.63, 3.8) is 0 Å². The minimum atomic E-state index is -0.357. The van der Waals surface area contributed by atoms with E-state index in [4.69, 9.17) is 9.15 Å². The predicted molar refractivity (Wildman–Crippen MR) is 120 cm³/mol. The number of hydrogen-bond donors (Lipinski definition) is 0. The highest BCUT2D eigenvalue weighted by Crippen LogP contribution is 2.37. The molecule has 33 heavy (non-hydrogen) atoms. The monoisotopic (exact) mass is 445 g/mol. The number of nitrogens with zero attached hydrogens (tertiary/aromatic N) is 5. The number of methoxy groups -OCH3 is 1. The average molecular weight is 445 g/mol. The summed E-state index contributed by atoms with van der Waals surface area (Å²) in [6.07, 6.45) is 4.95. The number of aromatic nitrogens is 2. The van der Waals surface area contributed by atoms with E-state index in [0.29, 0.717) is 60.5 Å². The normalized spacial score (nSPS) is 16.7. The van der Waals surface area contributed by atoms with Gasteiger partial charge in [0.05, 0.1) is 25.5 Å². The molecule has 5 rings (SSSR count). The first-order chi connectivity index (χ1) is 16.2. The van der Waals surface area contributed by atoms with Crippen LogP contribution in [-0.4, -0.2) is 64.9 Å². The van der Waals surface area contributed by atoms with E-state index in [1.165, 1.54) is 11.2 Å². The Bertz CT molecular complexity index is 1180. The second-order valence-electron chi connectivity index (χ2n) is 7.72. The van der Waals surface area contributed by atoms with Crippen molar-refractivity contribution >= 4 is 23.3 Å². The van der Waals surface area contributed by atoms with Crippen LogP contribution >= 0.6 is 0 Å². The summed E-state index contributed by atoms with van der Waals surface area (Å²) in [5, 5.41) is 0. The van der Waals surface area contributed by atoms with Crippen molar-refractivity contribution in [1.82, 2.24) is 19.8 Å². The number of amides is 2. The van der Waals surface area contributed by atoms with Crippen molar-refractivity contribution in [3.05, 3.63) is 78.1 Å². The summed E-state index contributed by atoms with van der Waals surface area (Å²) in [5.74, 6) is 1.06. The molecule has 3 aromatic rings. The van der Waals surface area contributed by atoms with Crippen molar-refractivity contribution in [2.75, 3.05) is 38.2 Å². The highest BCUT2D eigenvalue weighted by atomic mass is 16.5. The molecule has 2 amide bonds. The zero-order chi connectivity index (χ0) is 22.8. The number of carbonyl (C=O) groups excluding carboxylic acids is 2. The van der Waals surface area contributed by atoms with Crippen LogP contribution in [0.1, 0.15) is 11.3 Å². The summed E-state index contributed by atoms with van der Waals surface area (Å²) in [6, 6.07) is 12.5. The Morgan fingerprint density at radius 3 is 2.33 bits per heavy atom. The first kappa shape index (κ1) is 20.7. The van der Waals surface area contributed by atoms with E-state index >= 15 is 0 Å². The minimum absolute atomic E-state index is 0.0740. The third kappa shape index (κ3) is 3.82. The molecule has 1 fully saturated rings. The van der Waals surface area contributed by atoms with Gasteiger partial charge in [0.1, 0.15) is 17.2 Å². The number of rotatable bonds is 6. The Balaban J connectivity index is 1.49. The van der Waals surface area contributed by atoms with Crippen LogP contribution in [-0.2, 0) is 16.1 Å². The molecule has 2 aliphatic rings. The number of carbonyl (C=O) groups is 2. The largest absolute Gasteiger partial charge is 0.496 e. The van der Waals surface area contributed by atoms with Crippen molar-refractivity contribution in [1.29, 1.82) is 0 Å². The number of hydrogen-bond acceptors (Lipinski definition) is 8. The van der Waals surface area contributed by atoms with Gasteiger partial charge >= 0.3 is 0 Å². The third-order valence-electron chi connectivity index (χ3n) is 5.84. The van der Waals surface area contributed by atoms with Gasteiger partial charge in [-0.2, -0.15) is 0 Å². The highest BCUT2D eigenvalue weighted by Gasteiger charge is 2.43. The molecule has 1 aromatic carbocycles. The lowest BCUT2D eigenvalue weighted by atomic mass is 10.0. The molecule has 0 bridgehead atoms. The molecule has 1 saturated heterocycles. The van der Waals surface area contributed by atoms with E-state index in [1.807, 2.05) is 23.1 Å². The van der Waals surface area contributed by atoms with Crippen LogP contribution < -0.4 is 9.64 Å². The maximum atomic E-state index is 13.6. The quantitative estimate of drug-likeness (QED) is 0.533. The summed E-state index contributed by atoms with van der Waals surface area (Å²) >= 11 is 0. The summed E-state index contributed by atoms with van der Waals surface area (Å²) in [4.78, 5) is 41.0. The first-order valence-corrected chi connectivity index (χ1v) is 10.7. The van der Waals surface area contributed by atoms with Crippen LogP contribution in [0.25, 0.3) is 5.57 Å². The summed E-state index contributed by atoms with van der Waals surface area (Å²) in [6.45, 7) is 2.45. The van der Waals surface area contributed by atoms with Gasteiger partial charge in [-0.1, -0.05) is 18.2 Å². The van der Waals surface area contributed by atoms with E-state index < -0.39 is 0 Å². The number of piperazine rings is 1. The van der Waals surface area contributed by atoms with Crippen LogP contribution in [0.2, 0.25) is 0 Å². The fourth-order valence-electron chi connectivity index (χ4n) is 4.24. The van der Waals surface area contributed by atoms with Crippen LogP contribution in [0.3, 0.4) is 0 Å². The second kappa shape index (κ2) is 8.78. The molecule has 4 heterocycles. The molecule has 0 atom stereocenters. The van der Waals surface area contributed by atoms with E-state index in [9.17, 15) is 9.59 Å². The molecular weight excluding hydrogens is 422 g/mol. The van der Waals surface area contributed by atoms with Gasteiger partial charge in [0, 0.05) is 44.1 Å². The molecule has 168 valence electrons. The molecular formula is C24H23N5O4. The lowest BCUT2D eigenvalue weighted by molar-refractivity contribution is -0.138. The lowest BCUT2D eigenvalue weighted by Gasteiger charge is -2.36. The summed E-state index contributed by atoms with van der Waals surface area (Å²) < 4.78 is 10.9. The van der Waals surface area contributed by atoms with Crippen LogP contribution in [0.5, 0.6) is 5.75 Å². The SMILES string of the molecule is COc1ccccc1C1=C(N2CCN(c3ncccn3)CC2)C(=O)N(Cc2ccco2)C1=O. The molecule has 0 saturated carbocycles. The van der Waals surface area contributed by atoms with Crippen molar-refractivity contribution < 1.29 is 18.7 Å². The van der Waals surface area contributed by atoms with Gasteiger partial charge in [-0.15, -0.1) is 0 Å². The fourth-order valence-corrected chi connectivity index (χ4v) is 4.24. The Morgan fingerprint density at radius 2 is 1.64 bits per heavy atom. The molecule has 9 heteroatoms. The number of benzene rings is 1. The summed E-state index contributed by atoms with van der Waals surface area (Å²) in [7, 11) is 1.56. The number of anilines is 1. The minimum Gasteiger partial charge on any atom is -0.496 e. The van der Waals surface area contributed by atoms with Gasteiger partial charge in [0.25, 0.3) is 11.8 Å². The van der Waals surface area contributed by atoms with Crippen molar-refractivity contribution in [2.24, 2.45) is 0 Å². The maximum absolute atomic E-state index is 13.6. The van der Waals surface area contributed by atoms with Crippen LogP contribution in [0.4, 0.5) is 5.95 Å². The highest BCUT2D eigenvalue weighted by molar-refractivity contribution is 6.35. The zero-order valence-corrected chi connectivity index (χ0v) is 18.2. The molecule has 0 unspecified atom stereocenters. The Kier molecular flexibility index (Phi) is 5.52. The van der Waals surface area contributed by atoms with Gasteiger partial charge in [-0.25, -0.2) is 9.97 Å². The smallest absolute Gasteiger partial charge is 0.278 e. The molecule has 0 radical (unpaired) electrons. The van der Waals surface area contributed by atoms with Gasteiger partial charge < -0.3 is 19.0 Å². The van der Waals surface area contributed by atoms with Crippen LogP contribution in [0.15, 0.2) is 71.2 Å². The Labute approximate surface area is 190 Å². The van der Waals surface area contributed by atoms with Gasteiger partial charge in [0.2, 0.25) is 5.95 Å². The Morgan fingerprint density at radius 1 is 0.909 bits per heavy atom. The van der Waals surface area contributed by atoms with E-state index in [2.05, 4.69) is 14.9 Å². The van der Waals surface area contributed by atoms with E-state index in [0.717, 1.165) is 0 Å². The number of furan rings is 1. The number of para-hydroxylation sites is 1. The first-order valence-electron chi connectivity index (χ1n) is 10.7. The topological polar surface area (TPSA) is 92.0 Å². The van der Waals surface area contributed by atoms with E-state index in [-0.39, 0.29) is 18.4 Å². The molecule has 0 aliphatic carbocycles. The molecule has 2 aromatic heterocycles. The number of imide groups is 1. The molecule has 0 spiro atoms. The van der Waals surface area contributed by atoms with Gasteiger partial charge in [-0.3, -0.25) is 14.5 Å². The molecule has 9 nitrogen and oxygen atoms in total. The third-order valence-corrected chi connectivity index (χ3v) is 5.84. The van der Waals surface area contributed by atoms with Gasteiger partial charge in [-0.05, 0) is 24.3 Å². The average Bonchev–Trinajstić information content (AvgIpc) is 3.47. The molecule has 2 aliphatic heterocycles. The molecule has 0 N–H and O–H groups in total. The zero-order valence-electron chi connectivity index (χ0n) is 18.2. The lowest BCUT2D eigenvalue weighted by Crippen LogP contribution is -2.48. The van der Waals surface area contributed by atoms with Gasteiger partial charge in [0.15, 0.2) is 0 Å².